The van der Waals surface area contributed by atoms with Crippen LogP contribution in [0.2, 0.25) is 0 Å². The molecule has 0 saturated heterocycles. The van der Waals surface area contributed by atoms with Gasteiger partial charge in [-0.25, -0.2) is 0 Å². The standard InChI is InChI=1S/C11H13NO/c1-7-3-4-9-5-6-12-11(13)10(9)8(7)2/h3-4H,5-6H2,1-2H3,(H,12,13). The van der Waals surface area contributed by atoms with E-state index in [9.17, 15) is 4.79 Å². The summed E-state index contributed by atoms with van der Waals surface area (Å²) in [6.45, 7) is 4.82. The van der Waals surface area contributed by atoms with Crippen LogP contribution in [0.3, 0.4) is 0 Å². The molecule has 0 aromatic heterocycles. The van der Waals surface area contributed by atoms with Crippen molar-refractivity contribution in [2.45, 2.75) is 20.3 Å². The zero-order valence-corrected chi connectivity index (χ0v) is 7.98. The third-order valence-electron chi connectivity index (χ3n) is 2.73. The molecule has 0 fully saturated rings. The Morgan fingerprint density at radius 1 is 1.31 bits per heavy atom. The van der Waals surface area contributed by atoms with Gasteiger partial charge in [0.05, 0.1) is 0 Å². The minimum atomic E-state index is 0.0856. The van der Waals surface area contributed by atoms with Gasteiger partial charge in [0.15, 0.2) is 0 Å². The van der Waals surface area contributed by atoms with E-state index in [0.717, 1.165) is 24.1 Å². The molecule has 2 rings (SSSR count). The van der Waals surface area contributed by atoms with E-state index in [2.05, 4.69) is 17.4 Å². The van der Waals surface area contributed by atoms with Gasteiger partial charge in [0.25, 0.3) is 5.91 Å². The van der Waals surface area contributed by atoms with Gasteiger partial charge in [-0.15, -0.1) is 0 Å². The van der Waals surface area contributed by atoms with E-state index in [1.54, 1.807) is 0 Å². The van der Waals surface area contributed by atoms with Crippen LogP contribution in [0.5, 0.6) is 0 Å². The summed E-state index contributed by atoms with van der Waals surface area (Å²) in [7, 11) is 0. The number of carbonyl (C=O) groups is 1. The van der Waals surface area contributed by atoms with E-state index >= 15 is 0 Å². The van der Waals surface area contributed by atoms with Gasteiger partial charge in [0, 0.05) is 12.1 Å². The molecule has 0 atom stereocenters. The van der Waals surface area contributed by atoms with Crippen molar-refractivity contribution in [3.8, 4) is 0 Å². The van der Waals surface area contributed by atoms with Crippen LogP contribution >= 0.6 is 0 Å². The molecule has 2 nitrogen and oxygen atoms in total. The predicted octanol–water partition coefficient (Wildman–Crippen LogP) is 1.59. The number of hydrogen-bond acceptors (Lipinski definition) is 1. The minimum absolute atomic E-state index is 0.0856. The number of nitrogens with one attached hydrogen (secondary N) is 1. The van der Waals surface area contributed by atoms with Gasteiger partial charge in [-0.3, -0.25) is 4.79 Å². The molecule has 0 unspecified atom stereocenters. The molecule has 1 aliphatic rings. The Labute approximate surface area is 78.0 Å². The summed E-state index contributed by atoms with van der Waals surface area (Å²) in [6.07, 6.45) is 0.961. The molecule has 0 bridgehead atoms. The maximum absolute atomic E-state index is 11.5. The van der Waals surface area contributed by atoms with E-state index in [4.69, 9.17) is 0 Å². The Bertz CT molecular complexity index is 369. The van der Waals surface area contributed by atoms with Crippen LogP contribution < -0.4 is 5.32 Å². The molecule has 1 amide bonds. The summed E-state index contributed by atoms with van der Waals surface area (Å²) in [6, 6.07) is 4.16. The Balaban J connectivity index is 2.65. The van der Waals surface area contributed by atoms with Gasteiger partial charge in [-0.05, 0) is 37.0 Å². The van der Waals surface area contributed by atoms with Gasteiger partial charge in [-0.2, -0.15) is 0 Å². The van der Waals surface area contributed by atoms with Crippen LogP contribution in [0.15, 0.2) is 12.1 Å². The van der Waals surface area contributed by atoms with Crippen molar-refractivity contribution in [1.29, 1.82) is 0 Å². The highest BCUT2D eigenvalue weighted by Crippen LogP contribution is 2.20. The average molecular weight is 175 g/mol. The number of hydrogen-bond donors (Lipinski definition) is 1. The second-order valence-corrected chi connectivity index (χ2v) is 3.55. The summed E-state index contributed by atoms with van der Waals surface area (Å²) >= 11 is 0. The van der Waals surface area contributed by atoms with Gasteiger partial charge in [0.2, 0.25) is 0 Å². The molecule has 13 heavy (non-hydrogen) atoms. The second-order valence-electron chi connectivity index (χ2n) is 3.55. The maximum Gasteiger partial charge on any atom is 0.251 e. The lowest BCUT2D eigenvalue weighted by Crippen LogP contribution is -2.32. The Morgan fingerprint density at radius 3 is 2.85 bits per heavy atom. The highest BCUT2D eigenvalue weighted by molar-refractivity contribution is 5.98. The summed E-state index contributed by atoms with van der Waals surface area (Å²) < 4.78 is 0. The summed E-state index contributed by atoms with van der Waals surface area (Å²) in [5.74, 6) is 0.0856. The lowest BCUT2D eigenvalue weighted by Gasteiger charge is -2.19. The second kappa shape index (κ2) is 2.87. The van der Waals surface area contributed by atoms with Crippen molar-refractivity contribution in [2.75, 3.05) is 6.54 Å². The monoisotopic (exact) mass is 175 g/mol. The molecule has 1 aliphatic heterocycles. The van der Waals surface area contributed by atoms with Gasteiger partial charge in [0.1, 0.15) is 0 Å². The van der Waals surface area contributed by atoms with Crippen LogP contribution in [0.1, 0.15) is 27.0 Å². The Hall–Kier alpha value is -1.31. The van der Waals surface area contributed by atoms with Crippen molar-refractivity contribution >= 4 is 5.91 Å². The van der Waals surface area contributed by atoms with Gasteiger partial charge in [-0.1, -0.05) is 12.1 Å². The predicted molar refractivity (Wildman–Crippen MR) is 52.0 cm³/mol. The smallest absolute Gasteiger partial charge is 0.251 e. The number of carbonyl (C=O) groups excluding carboxylic acids is 1. The van der Waals surface area contributed by atoms with Gasteiger partial charge < -0.3 is 5.32 Å². The van der Waals surface area contributed by atoms with Crippen LogP contribution in [0, 0.1) is 13.8 Å². The van der Waals surface area contributed by atoms with Crippen LogP contribution in [0.4, 0.5) is 0 Å². The normalized spacial score (nSPS) is 15.1. The maximum atomic E-state index is 11.5. The average Bonchev–Trinajstić information content (AvgIpc) is 2.12. The van der Waals surface area contributed by atoms with Gasteiger partial charge >= 0.3 is 0 Å². The van der Waals surface area contributed by atoms with Crippen molar-refractivity contribution in [2.24, 2.45) is 0 Å². The van der Waals surface area contributed by atoms with Crippen molar-refractivity contribution in [3.63, 3.8) is 0 Å². The topological polar surface area (TPSA) is 29.1 Å². The fourth-order valence-electron chi connectivity index (χ4n) is 1.80. The molecule has 1 N–H and O–H groups in total. The van der Waals surface area contributed by atoms with E-state index in [-0.39, 0.29) is 5.91 Å². The molecule has 0 aliphatic carbocycles. The first-order valence-corrected chi connectivity index (χ1v) is 4.57. The third kappa shape index (κ3) is 1.22. The molecule has 68 valence electrons. The van der Waals surface area contributed by atoms with Crippen LogP contribution in [-0.4, -0.2) is 12.5 Å². The highest BCUT2D eigenvalue weighted by atomic mass is 16.1. The Morgan fingerprint density at radius 2 is 2.08 bits per heavy atom. The first kappa shape index (κ1) is 8.30. The molecule has 1 aromatic rings. The molecule has 2 heteroatoms. The summed E-state index contributed by atoms with van der Waals surface area (Å²) in [5.41, 5.74) is 4.39. The minimum Gasteiger partial charge on any atom is -0.352 e. The molecule has 1 heterocycles. The number of fused-ring (bicyclic) bond motifs is 1. The highest BCUT2D eigenvalue weighted by Gasteiger charge is 2.18. The van der Waals surface area contributed by atoms with E-state index in [1.807, 2.05) is 13.8 Å². The SMILES string of the molecule is Cc1ccc2c(c1C)C(=O)NCC2. The number of rotatable bonds is 0. The summed E-state index contributed by atoms with van der Waals surface area (Å²) in [5, 5.41) is 2.87. The Kier molecular flexibility index (Phi) is 1.83. The molecule has 1 aromatic carbocycles. The quantitative estimate of drug-likeness (QED) is 0.637. The van der Waals surface area contributed by atoms with Crippen molar-refractivity contribution in [1.82, 2.24) is 5.32 Å². The molecule has 0 spiro atoms. The van der Waals surface area contributed by atoms with Crippen molar-refractivity contribution in [3.05, 3.63) is 34.4 Å². The van der Waals surface area contributed by atoms with E-state index < -0.39 is 0 Å². The zero-order chi connectivity index (χ0) is 9.42. The lowest BCUT2D eigenvalue weighted by molar-refractivity contribution is 0.0945. The van der Waals surface area contributed by atoms with Crippen LogP contribution in [0.25, 0.3) is 0 Å². The largest absolute Gasteiger partial charge is 0.352 e. The number of benzene rings is 1. The first-order chi connectivity index (χ1) is 6.20. The molecular weight excluding hydrogens is 162 g/mol. The zero-order valence-electron chi connectivity index (χ0n) is 7.98. The molecule has 0 radical (unpaired) electrons. The number of aryl methyl sites for hydroxylation is 1. The van der Waals surface area contributed by atoms with Crippen molar-refractivity contribution < 1.29 is 4.79 Å². The summed E-state index contributed by atoms with van der Waals surface area (Å²) in [4.78, 5) is 11.5. The molecular formula is C11H13NO. The van der Waals surface area contributed by atoms with E-state index in [0.29, 0.717) is 0 Å². The number of amides is 1. The fourth-order valence-corrected chi connectivity index (χ4v) is 1.80. The fraction of sp³-hybridized carbons (Fsp3) is 0.364. The first-order valence-electron chi connectivity index (χ1n) is 4.57. The molecule has 0 saturated carbocycles. The van der Waals surface area contributed by atoms with E-state index in [1.165, 1.54) is 11.1 Å². The lowest BCUT2D eigenvalue weighted by atomic mass is 9.93. The van der Waals surface area contributed by atoms with Crippen LogP contribution in [-0.2, 0) is 6.42 Å². The third-order valence-corrected chi connectivity index (χ3v) is 2.73.